The molecule has 0 aromatic heterocycles. The average Bonchev–Trinajstić information content (AvgIpc) is 2.83. The van der Waals surface area contributed by atoms with Crippen LogP contribution < -0.4 is 15.4 Å². The van der Waals surface area contributed by atoms with Crippen molar-refractivity contribution in [2.45, 2.75) is 24.7 Å². The van der Waals surface area contributed by atoms with Gasteiger partial charge in [0.05, 0.1) is 22.8 Å². The summed E-state index contributed by atoms with van der Waals surface area (Å²) in [5.74, 6) is -0.259. The van der Waals surface area contributed by atoms with E-state index in [9.17, 15) is 18.0 Å². The van der Waals surface area contributed by atoms with Gasteiger partial charge in [0, 0.05) is 25.6 Å². The van der Waals surface area contributed by atoms with Gasteiger partial charge in [0.15, 0.2) is 0 Å². The third-order valence-corrected chi connectivity index (χ3v) is 7.35. The number of sulfonamides is 1. The number of para-hydroxylation sites is 1. The van der Waals surface area contributed by atoms with E-state index in [2.05, 4.69) is 17.2 Å². The van der Waals surface area contributed by atoms with Crippen LogP contribution in [0.1, 0.15) is 30.1 Å². The fourth-order valence-corrected chi connectivity index (χ4v) is 5.14. The third-order valence-electron chi connectivity index (χ3n) is 5.43. The molecule has 1 aliphatic rings. The lowest BCUT2D eigenvalue weighted by molar-refractivity contribution is -0.120. The number of nitrogens with zero attached hydrogens (tertiary/aromatic N) is 1. The van der Waals surface area contributed by atoms with Gasteiger partial charge in [-0.3, -0.25) is 9.59 Å². The van der Waals surface area contributed by atoms with Gasteiger partial charge in [-0.05, 0) is 56.2 Å². The number of carbonyl (C=O) groups is 2. The van der Waals surface area contributed by atoms with Crippen LogP contribution in [0.4, 0.5) is 5.69 Å². The minimum absolute atomic E-state index is 0.202. The lowest BCUT2D eigenvalue weighted by Crippen LogP contribution is -2.41. The molecule has 1 saturated heterocycles. The SMILES string of the molecule is C=CCNC(=O)c1ccccc1NC(=O)C1CCN(S(=O)(=O)c2ccc(OCC)cc2)CC1. The molecule has 0 aliphatic carbocycles. The summed E-state index contributed by atoms with van der Waals surface area (Å²) >= 11 is 0. The first kappa shape index (κ1) is 24.5. The molecule has 9 heteroatoms. The summed E-state index contributed by atoms with van der Waals surface area (Å²) in [4.78, 5) is 25.4. The molecule has 0 radical (unpaired) electrons. The van der Waals surface area contributed by atoms with Crippen LogP contribution in [0.5, 0.6) is 5.75 Å². The Kier molecular flexibility index (Phi) is 8.24. The van der Waals surface area contributed by atoms with E-state index < -0.39 is 10.0 Å². The quantitative estimate of drug-likeness (QED) is 0.547. The maximum absolute atomic E-state index is 13.0. The predicted molar refractivity (Wildman–Crippen MR) is 127 cm³/mol. The number of rotatable bonds is 9. The van der Waals surface area contributed by atoms with Gasteiger partial charge in [-0.2, -0.15) is 4.31 Å². The van der Waals surface area contributed by atoms with Crippen LogP contribution >= 0.6 is 0 Å². The Morgan fingerprint density at radius 1 is 1.12 bits per heavy atom. The summed E-state index contributed by atoms with van der Waals surface area (Å²) in [5, 5.41) is 5.53. The maximum atomic E-state index is 13.0. The molecule has 0 unspecified atom stereocenters. The number of hydrogen-bond donors (Lipinski definition) is 2. The van der Waals surface area contributed by atoms with Crippen molar-refractivity contribution in [3.8, 4) is 5.75 Å². The first-order valence-corrected chi connectivity index (χ1v) is 12.3. The zero-order valence-electron chi connectivity index (χ0n) is 18.6. The first-order valence-electron chi connectivity index (χ1n) is 10.9. The van der Waals surface area contributed by atoms with Gasteiger partial charge in [-0.1, -0.05) is 18.2 Å². The van der Waals surface area contributed by atoms with Gasteiger partial charge in [0.1, 0.15) is 5.75 Å². The van der Waals surface area contributed by atoms with E-state index in [1.54, 1.807) is 42.5 Å². The average molecular weight is 472 g/mol. The minimum atomic E-state index is -3.64. The summed E-state index contributed by atoms with van der Waals surface area (Å²) in [6, 6.07) is 13.1. The van der Waals surface area contributed by atoms with Crippen molar-refractivity contribution in [2.75, 3.05) is 31.6 Å². The van der Waals surface area contributed by atoms with Crippen molar-refractivity contribution in [1.29, 1.82) is 0 Å². The van der Waals surface area contributed by atoms with Crippen molar-refractivity contribution in [3.05, 3.63) is 66.7 Å². The first-order chi connectivity index (χ1) is 15.9. The van der Waals surface area contributed by atoms with E-state index >= 15 is 0 Å². The number of benzene rings is 2. The molecule has 2 N–H and O–H groups in total. The van der Waals surface area contributed by atoms with Crippen LogP contribution in [0.15, 0.2) is 66.1 Å². The van der Waals surface area contributed by atoms with Gasteiger partial charge in [0.25, 0.3) is 5.91 Å². The summed E-state index contributed by atoms with van der Waals surface area (Å²) in [7, 11) is -3.64. The van der Waals surface area contributed by atoms with Gasteiger partial charge < -0.3 is 15.4 Å². The number of anilines is 1. The number of hydrogen-bond acceptors (Lipinski definition) is 5. The zero-order chi connectivity index (χ0) is 23.8. The highest BCUT2D eigenvalue weighted by molar-refractivity contribution is 7.89. The van der Waals surface area contributed by atoms with E-state index in [0.29, 0.717) is 43.0 Å². The second-order valence-corrected chi connectivity index (χ2v) is 9.55. The highest BCUT2D eigenvalue weighted by Gasteiger charge is 2.32. The van der Waals surface area contributed by atoms with Gasteiger partial charge >= 0.3 is 0 Å². The van der Waals surface area contributed by atoms with E-state index in [4.69, 9.17) is 4.74 Å². The van der Waals surface area contributed by atoms with Crippen molar-refractivity contribution in [3.63, 3.8) is 0 Å². The highest BCUT2D eigenvalue weighted by atomic mass is 32.2. The second kappa shape index (κ2) is 11.1. The monoisotopic (exact) mass is 471 g/mol. The van der Waals surface area contributed by atoms with Crippen LogP contribution in [0.25, 0.3) is 0 Å². The smallest absolute Gasteiger partial charge is 0.253 e. The lowest BCUT2D eigenvalue weighted by atomic mass is 9.97. The molecule has 2 aromatic rings. The van der Waals surface area contributed by atoms with Crippen molar-refractivity contribution >= 4 is 27.5 Å². The molecule has 8 nitrogen and oxygen atoms in total. The topological polar surface area (TPSA) is 105 Å². The predicted octanol–water partition coefficient (Wildman–Crippen LogP) is 3.04. The van der Waals surface area contributed by atoms with E-state index in [-0.39, 0.29) is 35.7 Å². The normalized spacial score (nSPS) is 14.9. The van der Waals surface area contributed by atoms with E-state index in [0.717, 1.165) is 0 Å². The van der Waals surface area contributed by atoms with Crippen LogP contribution in [-0.2, 0) is 14.8 Å². The second-order valence-electron chi connectivity index (χ2n) is 7.62. The summed E-state index contributed by atoms with van der Waals surface area (Å²) in [6.45, 7) is 6.76. The molecule has 0 saturated carbocycles. The summed E-state index contributed by atoms with van der Waals surface area (Å²) in [5.41, 5.74) is 0.789. The number of ether oxygens (including phenoxy) is 1. The van der Waals surface area contributed by atoms with Crippen molar-refractivity contribution < 1.29 is 22.7 Å². The Morgan fingerprint density at radius 2 is 1.79 bits per heavy atom. The van der Waals surface area contributed by atoms with Gasteiger partial charge in [0.2, 0.25) is 15.9 Å². The van der Waals surface area contributed by atoms with Crippen LogP contribution in [0.3, 0.4) is 0 Å². The number of carbonyl (C=O) groups excluding carboxylic acids is 2. The molecule has 176 valence electrons. The molecule has 2 amide bonds. The van der Waals surface area contributed by atoms with Crippen molar-refractivity contribution in [1.82, 2.24) is 9.62 Å². The minimum Gasteiger partial charge on any atom is -0.494 e. The Morgan fingerprint density at radius 3 is 2.42 bits per heavy atom. The third kappa shape index (κ3) is 6.00. The molecule has 3 rings (SSSR count). The molecule has 0 spiro atoms. The fourth-order valence-electron chi connectivity index (χ4n) is 3.67. The molecule has 1 heterocycles. The zero-order valence-corrected chi connectivity index (χ0v) is 19.4. The Hall–Kier alpha value is -3.17. The van der Waals surface area contributed by atoms with Crippen molar-refractivity contribution in [2.24, 2.45) is 5.92 Å². The molecule has 1 aliphatic heterocycles. The molecule has 2 aromatic carbocycles. The Labute approximate surface area is 194 Å². The molecular weight excluding hydrogens is 442 g/mol. The van der Waals surface area contributed by atoms with Gasteiger partial charge in [-0.15, -0.1) is 6.58 Å². The summed E-state index contributed by atoms with van der Waals surface area (Å²) < 4.78 is 32.7. The molecule has 33 heavy (non-hydrogen) atoms. The van der Waals surface area contributed by atoms with E-state index in [1.165, 1.54) is 16.4 Å². The fraction of sp³-hybridized carbons (Fsp3) is 0.333. The molecular formula is C24H29N3O5S. The van der Waals surface area contributed by atoms with Crippen LogP contribution in [-0.4, -0.2) is 50.8 Å². The molecule has 0 atom stereocenters. The maximum Gasteiger partial charge on any atom is 0.253 e. The van der Waals surface area contributed by atoms with Crippen LogP contribution in [0, 0.1) is 5.92 Å². The van der Waals surface area contributed by atoms with Gasteiger partial charge in [-0.25, -0.2) is 8.42 Å². The number of piperidine rings is 1. The summed E-state index contributed by atoms with van der Waals surface area (Å²) in [6.07, 6.45) is 2.37. The number of amides is 2. The van der Waals surface area contributed by atoms with E-state index in [1.807, 2.05) is 6.92 Å². The highest BCUT2D eigenvalue weighted by Crippen LogP contribution is 2.26. The Balaban J connectivity index is 1.61. The van der Waals surface area contributed by atoms with Crippen LogP contribution in [0.2, 0.25) is 0 Å². The lowest BCUT2D eigenvalue weighted by Gasteiger charge is -2.30. The largest absolute Gasteiger partial charge is 0.494 e. The molecule has 1 fully saturated rings. The molecule has 0 bridgehead atoms. The number of nitrogens with one attached hydrogen (secondary N) is 2. The Bertz CT molecular complexity index is 1090. The standard InChI is InChI=1S/C24H29N3O5S/c1-3-15-25-24(29)21-7-5-6-8-22(21)26-23(28)18-13-16-27(17-14-18)33(30,31)20-11-9-19(10-12-20)32-4-2/h3,5-12,18H,1,4,13-17H2,2H3,(H,25,29)(H,26,28).